The molecular formula is C16H20N2O6. The number of esters is 1. The fourth-order valence-electron chi connectivity index (χ4n) is 2.12. The van der Waals surface area contributed by atoms with Gasteiger partial charge in [0.15, 0.2) is 12.0 Å². The van der Waals surface area contributed by atoms with Gasteiger partial charge < -0.3 is 23.7 Å². The van der Waals surface area contributed by atoms with Crippen LogP contribution >= 0.6 is 0 Å². The van der Waals surface area contributed by atoms with E-state index >= 15 is 0 Å². The predicted molar refractivity (Wildman–Crippen MR) is 82.9 cm³/mol. The van der Waals surface area contributed by atoms with E-state index in [0.717, 1.165) is 19.3 Å². The molecule has 2 heterocycles. The first kappa shape index (κ1) is 18.0. The lowest BCUT2D eigenvalue weighted by molar-refractivity contribution is -0.154. The number of methoxy groups -OCH3 is 3. The molecule has 1 fully saturated rings. The minimum atomic E-state index is -0.658. The molecule has 8 heteroatoms. The van der Waals surface area contributed by atoms with E-state index in [9.17, 15) is 4.79 Å². The van der Waals surface area contributed by atoms with Crippen molar-refractivity contribution in [2.45, 2.75) is 25.6 Å². The van der Waals surface area contributed by atoms with E-state index in [-0.39, 0.29) is 36.0 Å². The maximum Gasteiger partial charge on any atom is 0.358 e. The van der Waals surface area contributed by atoms with Crippen LogP contribution < -0.4 is 9.47 Å². The van der Waals surface area contributed by atoms with Crippen molar-refractivity contribution in [1.82, 2.24) is 9.97 Å². The Balaban J connectivity index is 2.18. The Labute approximate surface area is 140 Å². The molecule has 1 aliphatic heterocycles. The molecule has 1 saturated heterocycles. The van der Waals surface area contributed by atoms with Crippen LogP contribution in [0.2, 0.25) is 0 Å². The van der Waals surface area contributed by atoms with Crippen LogP contribution in [0.5, 0.6) is 11.9 Å². The van der Waals surface area contributed by atoms with E-state index in [2.05, 4.69) is 21.8 Å². The summed E-state index contributed by atoms with van der Waals surface area (Å²) in [6.07, 6.45) is 2.74. The number of aromatic nitrogens is 2. The molecule has 0 radical (unpaired) electrons. The number of hydrogen-bond acceptors (Lipinski definition) is 8. The van der Waals surface area contributed by atoms with Gasteiger partial charge in [-0.3, -0.25) is 0 Å². The molecule has 1 aromatic rings. The van der Waals surface area contributed by atoms with Gasteiger partial charge >= 0.3 is 12.0 Å². The summed E-state index contributed by atoms with van der Waals surface area (Å²) in [5.41, 5.74) is 0.195. The highest BCUT2D eigenvalue weighted by atomic mass is 16.7. The summed E-state index contributed by atoms with van der Waals surface area (Å²) in [4.78, 5) is 19.9. The minimum Gasteiger partial charge on any atom is -0.480 e. The first-order valence-electron chi connectivity index (χ1n) is 7.50. The van der Waals surface area contributed by atoms with E-state index in [4.69, 9.17) is 23.7 Å². The first-order chi connectivity index (χ1) is 11.7. The fourth-order valence-corrected chi connectivity index (χ4v) is 2.12. The van der Waals surface area contributed by atoms with Gasteiger partial charge in [0.1, 0.15) is 12.2 Å². The van der Waals surface area contributed by atoms with Crippen LogP contribution in [-0.2, 0) is 14.2 Å². The van der Waals surface area contributed by atoms with Crippen molar-refractivity contribution < 1.29 is 28.5 Å². The van der Waals surface area contributed by atoms with Crippen molar-refractivity contribution in [1.29, 1.82) is 0 Å². The fraction of sp³-hybridized carbons (Fsp3) is 0.562. The molecule has 8 nitrogen and oxygen atoms in total. The second kappa shape index (κ2) is 9.05. The lowest BCUT2D eigenvalue weighted by Crippen LogP contribution is -2.22. The Morgan fingerprint density at radius 2 is 2.08 bits per heavy atom. The molecular weight excluding hydrogens is 316 g/mol. The monoisotopic (exact) mass is 336 g/mol. The molecule has 0 amide bonds. The summed E-state index contributed by atoms with van der Waals surface area (Å²) >= 11 is 0. The summed E-state index contributed by atoms with van der Waals surface area (Å²) in [5, 5.41) is 0. The molecule has 130 valence electrons. The van der Waals surface area contributed by atoms with Gasteiger partial charge in [-0.1, -0.05) is 11.8 Å². The number of ether oxygens (including phenoxy) is 5. The SMILES string of the molecule is COC(=O)c1nc(OC)nc(OC)c1C#CCOC1CCCCO1. The third kappa shape index (κ3) is 4.57. The van der Waals surface area contributed by atoms with Crippen molar-refractivity contribution in [3.63, 3.8) is 0 Å². The summed E-state index contributed by atoms with van der Waals surface area (Å²) in [6, 6.07) is -0.00958. The van der Waals surface area contributed by atoms with Gasteiger partial charge in [0.2, 0.25) is 5.88 Å². The number of rotatable bonds is 5. The minimum absolute atomic E-state index is 0.00958. The summed E-state index contributed by atoms with van der Waals surface area (Å²) in [5.74, 6) is 5.09. The first-order valence-corrected chi connectivity index (χ1v) is 7.50. The normalized spacial score (nSPS) is 16.7. The number of hydrogen-bond donors (Lipinski definition) is 0. The highest BCUT2D eigenvalue weighted by molar-refractivity contribution is 5.91. The van der Waals surface area contributed by atoms with Gasteiger partial charge in [-0.25, -0.2) is 4.79 Å². The number of carbonyl (C=O) groups excluding carboxylic acids is 1. The molecule has 24 heavy (non-hydrogen) atoms. The summed E-state index contributed by atoms with van der Waals surface area (Å²) in [6.45, 7) is 0.852. The third-order valence-electron chi connectivity index (χ3n) is 3.30. The number of nitrogens with zero attached hydrogens (tertiary/aromatic N) is 2. The van der Waals surface area contributed by atoms with E-state index in [0.29, 0.717) is 6.61 Å². The molecule has 1 unspecified atom stereocenters. The van der Waals surface area contributed by atoms with Crippen LogP contribution in [0.4, 0.5) is 0 Å². The molecule has 0 N–H and O–H groups in total. The average molecular weight is 336 g/mol. The zero-order chi connectivity index (χ0) is 17.4. The van der Waals surface area contributed by atoms with Crippen LogP contribution in [0.15, 0.2) is 0 Å². The molecule has 1 aliphatic rings. The van der Waals surface area contributed by atoms with Crippen LogP contribution in [-0.4, -0.2) is 56.8 Å². The molecule has 1 atom stereocenters. The molecule has 1 aromatic heterocycles. The second-order valence-electron chi connectivity index (χ2n) is 4.84. The zero-order valence-corrected chi connectivity index (χ0v) is 14.0. The van der Waals surface area contributed by atoms with Gasteiger partial charge in [-0.15, -0.1) is 0 Å². The van der Waals surface area contributed by atoms with Crippen molar-refractivity contribution in [2.75, 3.05) is 34.5 Å². The lowest BCUT2D eigenvalue weighted by atomic mass is 10.2. The van der Waals surface area contributed by atoms with Gasteiger partial charge in [-0.2, -0.15) is 9.97 Å². The third-order valence-corrected chi connectivity index (χ3v) is 3.30. The Hall–Kier alpha value is -2.37. The molecule has 2 rings (SSSR count). The highest BCUT2D eigenvalue weighted by Gasteiger charge is 2.21. The van der Waals surface area contributed by atoms with E-state index in [1.165, 1.54) is 21.3 Å². The predicted octanol–water partition coefficient (Wildman–Crippen LogP) is 1.18. The topological polar surface area (TPSA) is 89.0 Å². The van der Waals surface area contributed by atoms with Crippen LogP contribution in [0.1, 0.15) is 35.3 Å². The quantitative estimate of drug-likeness (QED) is 0.585. The van der Waals surface area contributed by atoms with Crippen LogP contribution in [0, 0.1) is 11.8 Å². The van der Waals surface area contributed by atoms with Crippen molar-refractivity contribution in [3.05, 3.63) is 11.3 Å². The maximum atomic E-state index is 11.9. The molecule has 0 spiro atoms. The summed E-state index contributed by atoms with van der Waals surface area (Å²) in [7, 11) is 4.06. The van der Waals surface area contributed by atoms with Crippen molar-refractivity contribution in [2.24, 2.45) is 0 Å². The van der Waals surface area contributed by atoms with E-state index < -0.39 is 5.97 Å². The van der Waals surface area contributed by atoms with E-state index in [1.807, 2.05) is 0 Å². The van der Waals surface area contributed by atoms with E-state index in [1.54, 1.807) is 0 Å². The average Bonchev–Trinajstić information content (AvgIpc) is 2.64. The van der Waals surface area contributed by atoms with Crippen molar-refractivity contribution in [3.8, 4) is 23.7 Å². The van der Waals surface area contributed by atoms with Crippen molar-refractivity contribution >= 4 is 5.97 Å². The van der Waals surface area contributed by atoms with Gasteiger partial charge in [0.05, 0.1) is 21.3 Å². The highest BCUT2D eigenvalue weighted by Crippen LogP contribution is 2.21. The Morgan fingerprint density at radius 3 is 2.71 bits per heavy atom. The zero-order valence-electron chi connectivity index (χ0n) is 14.0. The molecule has 0 aliphatic carbocycles. The van der Waals surface area contributed by atoms with Crippen LogP contribution in [0.3, 0.4) is 0 Å². The Bertz CT molecular complexity index is 631. The Morgan fingerprint density at radius 1 is 1.25 bits per heavy atom. The van der Waals surface area contributed by atoms with Gasteiger partial charge in [-0.05, 0) is 19.3 Å². The van der Waals surface area contributed by atoms with Crippen LogP contribution in [0.25, 0.3) is 0 Å². The van der Waals surface area contributed by atoms with Gasteiger partial charge in [0.25, 0.3) is 0 Å². The second-order valence-corrected chi connectivity index (χ2v) is 4.84. The van der Waals surface area contributed by atoms with Gasteiger partial charge in [0, 0.05) is 6.61 Å². The largest absolute Gasteiger partial charge is 0.480 e. The number of carbonyl (C=O) groups is 1. The summed E-state index contributed by atoms with van der Waals surface area (Å²) < 4.78 is 25.8. The molecule has 0 bridgehead atoms. The standard InChI is InChI=1S/C16H20N2O6/c1-20-14-11(7-6-10-24-12-8-4-5-9-23-12)13(15(19)21-2)17-16(18-14)22-3/h12H,4-5,8-10H2,1-3H3. The lowest BCUT2D eigenvalue weighted by Gasteiger charge is -2.21. The molecule has 0 aromatic carbocycles. The molecule has 0 saturated carbocycles. The maximum absolute atomic E-state index is 11.9. The smallest absolute Gasteiger partial charge is 0.358 e. The Kier molecular flexibility index (Phi) is 6.78.